The molecule has 172 valence electrons. The average molecular weight is 431 g/mol. The molecule has 0 amide bonds. The molecule has 1 unspecified atom stereocenters. The Morgan fingerprint density at radius 2 is 1.57 bits per heavy atom. The van der Waals surface area contributed by atoms with Crippen LogP contribution >= 0.6 is 0 Å². The number of carbonyl (C=O) groups is 1. The van der Waals surface area contributed by atoms with E-state index in [0.717, 1.165) is 18.4 Å². The van der Waals surface area contributed by atoms with Crippen molar-refractivity contribution < 1.29 is 27.8 Å². The zero-order valence-electron chi connectivity index (χ0n) is 18.2. The summed E-state index contributed by atoms with van der Waals surface area (Å²) in [4.78, 5) is 11.0. The lowest BCUT2D eigenvalue weighted by Crippen LogP contribution is -2.07. The molecule has 6 heteroatoms. The molecule has 0 radical (unpaired) electrons. The van der Waals surface area contributed by atoms with Crippen molar-refractivity contribution in [2.24, 2.45) is 0 Å². The summed E-state index contributed by atoms with van der Waals surface area (Å²) >= 11 is 0. The van der Waals surface area contributed by atoms with Crippen LogP contribution in [-0.4, -0.2) is 23.9 Å². The van der Waals surface area contributed by atoms with Crippen molar-refractivity contribution in [1.29, 1.82) is 0 Å². The molecule has 0 aliphatic heterocycles. The van der Waals surface area contributed by atoms with Gasteiger partial charge in [-0.3, -0.25) is 4.79 Å². The van der Waals surface area contributed by atoms with Crippen LogP contribution in [0.25, 0.3) is 0 Å². The summed E-state index contributed by atoms with van der Waals surface area (Å²) < 4.78 is 42.0. The lowest BCUT2D eigenvalue weighted by atomic mass is 9.89. The first kappa shape index (κ1) is 26.3. The summed E-state index contributed by atoms with van der Waals surface area (Å²) in [5.41, 5.74) is 1.13. The van der Waals surface area contributed by atoms with Gasteiger partial charge in [0.25, 0.3) is 0 Å². The summed E-state index contributed by atoms with van der Waals surface area (Å²) in [5, 5.41) is 9.04. The number of aliphatic carboxylic acids is 1. The molecule has 1 aromatic carbocycles. The van der Waals surface area contributed by atoms with Crippen molar-refractivity contribution in [3.05, 3.63) is 29.8 Å². The zero-order chi connectivity index (χ0) is 22.2. The van der Waals surface area contributed by atoms with E-state index in [-0.39, 0.29) is 18.8 Å². The molecular weight excluding hydrogens is 393 g/mol. The third-order valence-corrected chi connectivity index (χ3v) is 5.34. The van der Waals surface area contributed by atoms with Crippen molar-refractivity contribution in [3.8, 4) is 5.75 Å². The van der Waals surface area contributed by atoms with Gasteiger partial charge in [-0.25, -0.2) is 0 Å². The Kier molecular flexibility index (Phi) is 13.3. The molecule has 0 bridgehead atoms. The highest BCUT2D eigenvalue weighted by atomic mass is 19.4. The van der Waals surface area contributed by atoms with Crippen LogP contribution in [-0.2, 0) is 4.79 Å². The molecule has 0 heterocycles. The number of rotatable bonds is 17. The number of alkyl halides is 3. The highest BCUT2D eigenvalue weighted by Crippen LogP contribution is 2.29. The predicted molar refractivity (Wildman–Crippen MR) is 114 cm³/mol. The minimum Gasteiger partial charge on any atom is -0.494 e. The summed E-state index contributed by atoms with van der Waals surface area (Å²) in [5.74, 6) is 0.156. The van der Waals surface area contributed by atoms with E-state index in [1.54, 1.807) is 0 Å². The van der Waals surface area contributed by atoms with Crippen molar-refractivity contribution in [2.45, 2.75) is 102 Å². The number of hydrogen-bond acceptors (Lipinski definition) is 2. The Hall–Kier alpha value is -1.72. The van der Waals surface area contributed by atoms with Crippen LogP contribution in [0.3, 0.4) is 0 Å². The van der Waals surface area contributed by atoms with Crippen molar-refractivity contribution in [2.75, 3.05) is 6.61 Å². The smallest absolute Gasteiger partial charge is 0.389 e. The topological polar surface area (TPSA) is 46.5 Å². The van der Waals surface area contributed by atoms with Crippen LogP contribution in [0.4, 0.5) is 13.2 Å². The van der Waals surface area contributed by atoms with Crippen molar-refractivity contribution in [3.63, 3.8) is 0 Å². The molecule has 0 saturated carbocycles. The number of benzene rings is 1. The average Bonchev–Trinajstić information content (AvgIpc) is 2.69. The minimum absolute atomic E-state index is 0.134. The second-order valence-electron chi connectivity index (χ2n) is 8.03. The molecule has 1 rings (SSSR count). The van der Waals surface area contributed by atoms with Gasteiger partial charge < -0.3 is 9.84 Å². The standard InChI is InChI=1S/C24H37F3O3/c1-2-3-4-5-6-8-11-20(14-17-23(28)29)21-12-15-22(16-13-21)30-19-10-7-9-18-24(25,26)27/h12-13,15-16,20H,2-11,14,17-19H2,1H3,(H,28,29). The molecule has 30 heavy (non-hydrogen) atoms. The first-order valence-corrected chi connectivity index (χ1v) is 11.3. The zero-order valence-corrected chi connectivity index (χ0v) is 18.2. The lowest BCUT2D eigenvalue weighted by molar-refractivity contribution is -0.137. The largest absolute Gasteiger partial charge is 0.494 e. The molecular formula is C24H37F3O3. The SMILES string of the molecule is CCCCCCCCC(CCC(=O)O)c1ccc(OCCCCCC(F)(F)F)cc1. The second kappa shape index (κ2) is 15.1. The van der Waals surface area contributed by atoms with Gasteiger partial charge in [-0.15, -0.1) is 0 Å². The highest BCUT2D eigenvalue weighted by molar-refractivity contribution is 5.66. The summed E-state index contributed by atoms with van der Waals surface area (Å²) in [6.07, 6.45) is 5.45. The van der Waals surface area contributed by atoms with Gasteiger partial charge >= 0.3 is 12.1 Å². The molecule has 1 N–H and O–H groups in total. The second-order valence-corrected chi connectivity index (χ2v) is 8.03. The lowest BCUT2D eigenvalue weighted by Gasteiger charge is -2.17. The van der Waals surface area contributed by atoms with Gasteiger partial charge in [0.05, 0.1) is 6.61 Å². The maximum absolute atomic E-state index is 12.1. The van der Waals surface area contributed by atoms with Crippen LogP contribution in [0.15, 0.2) is 24.3 Å². The Morgan fingerprint density at radius 1 is 0.933 bits per heavy atom. The van der Waals surface area contributed by atoms with Crippen molar-refractivity contribution in [1.82, 2.24) is 0 Å². The van der Waals surface area contributed by atoms with E-state index in [9.17, 15) is 18.0 Å². The fourth-order valence-corrected chi connectivity index (χ4v) is 3.58. The molecule has 1 atom stereocenters. The molecule has 0 saturated heterocycles. The number of carboxylic acids is 1. The van der Waals surface area contributed by atoms with E-state index in [4.69, 9.17) is 9.84 Å². The van der Waals surface area contributed by atoms with Gasteiger partial charge in [-0.05, 0) is 55.7 Å². The molecule has 0 aliphatic carbocycles. The van der Waals surface area contributed by atoms with Gasteiger partial charge in [-0.1, -0.05) is 57.6 Å². The Morgan fingerprint density at radius 3 is 2.20 bits per heavy atom. The van der Waals surface area contributed by atoms with Gasteiger partial charge in [0.1, 0.15) is 5.75 Å². The molecule has 0 spiro atoms. The van der Waals surface area contributed by atoms with Crippen LogP contribution in [0.1, 0.15) is 102 Å². The molecule has 0 fully saturated rings. The monoisotopic (exact) mass is 430 g/mol. The first-order valence-electron chi connectivity index (χ1n) is 11.3. The van der Waals surface area contributed by atoms with Crippen molar-refractivity contribution >= 4 is 5.97 Å². The fourth-order valence-electron chi connectivity index (χ4n) is 3.58. The fraction of sp³-hybridized carbons (Fsp3) is 0.708. The maximum Gasteiger partial charge on any atom is 0.389 e. The third-order valence-electron chi connectivity index (χ3n) is 5.34. The number of halogens is 3. The summed E-state index contributed by atoms with van der Waals surface area (Å²) in [7, 11) is 0. The summed E-state index contributed by atoms with van der Waals surface area (Å²) in [6.45, 7) is 2.60. The third kappa shape index (κ3) is 13.5. The maximum atomic E-state index is 12.1. The minimum atomic E-state index is -4.08. The molecule has 0 aromatic heterocycles. The Labute approximate surface area is 179 Å². The number of hydrogen-bond donors (Lipinski definition) is 1. The van der Waals surface area contributed by atoms with E-state index >= 15 is 0 Å². The van der Waals surface area contributed by atoms with Gasteiger partial charge in [-0.2, -0.15) is 13.2 Å². The molecule has 1 aromatic rings. The Balaban J connectivity index is 2.41. The molecule has 0 aliphatic rings. The van der Waals surface area contributed by atoms with Crippen LogP contribution in [0.5, 0.6) is 5.75 Å². The highest BCUT2D eigenvalue weighted by Gasteiger charge is 2.25. The van der Waals surface area contributed by atoms with E-state index in [1.807, 2.05) is 24.3 Å². The quantitative estimate of drug-likeness (QED) is 0.256. The normalized spacial score (nSPS) is 12.7. The number of carboxylic acid groups (broad SMARTS) is 1. The Bertz CT molecular complexity index is 570. The summed E-state index contributed by atoms with van der Waals surface area (Å²) in [6, 6.07) is 7.73. The van der Waals surface area contributed by atoms with E-state index in [2.05, 4.69) is 6.92 Å². The predicted octanol–water partition coefficient (Wildman–Crippen LogP) is 7.89. The number of unbranched alkanes of at least 4 members (excludes halogenated alkanes) is 7. The van der Waals surface area contributed by atoms with E-state index < -0.39 is 18.6 Å². The van der Waals surface area contributed by atoms with Gasteiger partial charge in [0, 0.05) is 12.8 Å². The first-order chi connectivity index (χ1) is 14.3. The van der Waals surface area contributed by atoms with Crippen LogP contribution < -0.4 is 4.74 Å². The number of ether oxygens (including phenoxy) is 1. The van der Waals surface area contributed by atoms with E-state index in [0.29, 0.717) is 31.6 Å². The van der Waals surface area contributed by atoms with Crippen LogP contribution in [0.2, 0.25) is 0 Å². The van der Waals surface area contributed by atoms with Gasteiger partial charge in [0.15, 0.2) is 0 Å². The van der Waals surface area contributed by atoms with E-state index in [1.165, 1.54) is 32.1 Å². The molecule has 3 nitrogen and oxygen atoms in total. The van der Waals surface area contributed by atoms with Gasteiger partial charge in [0.2, 0.25) is 0 Å². The van der Waals surface area contributed by atoms with Crippen LogP contribution in [0, 0.1) is 0 Å².